The maximum atomic E-state index is 12.7. The van der Waals surface area contributed by atoms with Gasteiger partial charge in [-0.1, -0.05) is 49.8 Å². The summed E-state index contributed by atoms with van der Waals surface area (Å²) in [5.74, 6) is -0.892. The largest absolute Gasteiger partial charge is 0.467 e. The lowest BCUT2D eigenvalue weighted by atomic mass is 10.0. The van der Waals surface area contributed by atoms with Gasteiger partial charge >= 0.3 is 12.1 Å². The lowest BCUT2D eigenvalue weighted by Crippen LogP contribution is -2.52. The first kappa shape index (κ1) is 23.2. The van der Waals surface area contributed by atoms with Crippen LogP contribution in [0.1, 0.15) is 39.2 Å². The smallest absolute Gasteiger partial charge is 0.408 e. The number of amides is 2. The van der Waals surface area contributed by atoms with Gasteiger partial charge in [0.05, 0.1) is 7.11 Å². The minimum atomic E-state index is -0.855. The monoisotopic (exact) mass is 390 g/mol. The predicted molar refractivity (Wildman–Crippen MR) is 106 cm³/mol. The van der Waals surface area contributed by atoms with Crippen molar-refractivity contribution in [2.75, 3.05) is 7.11 Å². The molecule has 0 unspecified atom stereocenters. The van der Waals surface area contributed by atoms with E-state index in [9.17, 15) is 14.4 Å². The average molecular weight is 390 g/mol. The molecule has 0 aliphatic heterocycles. The Morgan fingerprint density at radius 1 is 1.07 bits per heavy atom. The highest BCUT2D eigenvalue weighted by Gasteiger charge is 2.28. The van der Waals surface area contributed by atoms with Gasteiger partial charge < -0.3 is 20.1 Å². The molecule has 2 N–H and O–H groups in total. The van der Waals surface area contributed by atoms with E-state index in [1.165, 1.54) is 7.11 Å². The highest BCUT2D eigenvalue weighted by atomic mass is 16.5. The van der Waals surface area contributed by atoms with Gasteiger partial charge in [-0.3, -0.25) is 4.79 Å². The molecule has 2 amide bonds. The quantitative estimate of drug-likeness (QED) is 0.473. The molecule has 0 aliphatic carbocycles. The minimum Gasteiger partial charge on any atom is -0.467 e. The molecule has 0 fully saturated rings. The Labute approximate surface area is 166 Å². The van der Waals surface area contributed by atoms with Crippen molar-refractivity contribution < 1.29 is 23.9 Å². The number of ether oxygens (including phenoxy) is 2. The molecular formula is C21H30N2O5. The standard InChI is InChI=1S/C21H30N2O5/c1-14(2)11-17(19(24)22-18(12-15(3)4)20(25)27-5)23-21(26)28-13-16-9-7-6-8-10-16/h6-10,14,17-18H,3,11-13H2,1-2,4-5H3,(H,22,24)(H,23,26)/t17-,18-/m0/s1. The molecule has 154 valence electrons. The van der Waals surface area contributed by atoms with E-state index in [4.69, 9.17) is 9.47 Å². The number of hydrogen-bond donors (Lipinski definition) is 2. The number of carbonyl (C=O) groups excluding carboxylic acids is 3. The first-order valence-corrected chi connectivity index (χ1v) is 9.22. The number of methoxy groups -OCH3 is 1. The Bertz CT molecular complexity index is 673. The molecule has 1 aromatic carbocycles. The van der Waals surface area contributed by atoms with Gasteiger partial charge in [0.1, 0.15) is 18.7 Å². The van der Waals surface area contributed by atoms with Crippen molar-refractivity contribution in [1.29, 1.82) is 0 Å². The summed E-state index contributed by atoms with van der Waals surface area (Å²) in [6, 6.07) is 7.55. The molecule has 0 radical (unpaired) electrons. The van der Waals surface area contributed by atoms with Gasteiger partial charge in [-0.05, 0) is 31.2 Å². The van der Waals surface area contributed by atoms with Crippen molar-refractivity contribution in [2.24, 2.45) is 5.92 Å². The summed E-state index contributed by atoms with van der Waals surface area (Å²) in [5.41, 5.74) is 1.57. The fraction of sp³-hybridized carbons (Fsp3) is 0.476. The normalized spacial score (nSPS) is 12.6. The Morgan fingerprint density at radius 2 is 1.71 bits per heavy atom. The van der Waals surface area contributed by atoms with Crippen LogP contribution in [0.25, 0.3) is 0 Å². The summed E-state index contributed by atoms with van der Waals surface area (Å²) in [7, 11) is 1.25. The summed E-state index contributed by atoms with van der Waals surface area (Å²) in [5, 5.41) is 5.23. The van der Waals surface area contributed by atoms with E-state index in [-0.39, 0.29) is 18.9 Å². The number of benzene rings is 1. The van der Waals surface area contributed by atoms with Crippen LogP contribution in [0.15, 0.2) is 42.5 Å². The Kier molecular flexibility index (Phi) is 9.78. The van der Waals surface area contributed by atoms with Crippen molar-refractivity contribution in [3.8, 4) is 0 Å². The minimum absolute atomic E-state index is 0.100. The number of carbonyl (C=O) groups is 3. The topological polar surface area (TPSA) is 93.7 Å². The molecule has 7 heteroatoms. The Balaban J connectivity index is 2.73. The molecule has 7 nitrogen and oxygen atoms in total. The van der Waals surface area contributed by atoms with E-state index in [1.807, 2.05) is 44.2 Å². The van der Waals surface area contributed by atoms with Gasteiger partial charge in [-0.2, -0.15) is 0 Å². The molecule has 28 heavy (non-hydrogen) atoms. The summed E-state index contributed by atoms with van der Waals surface area (Å²) < 4.78 is 9.93. The van der Waals surface area contributed by atoms with E-state index in [2.05, 4.69) is 17.2 Å². The number of esters is 1. The number of hydrogen-bond acceptors (Lipinski definition) is 5. The van der Waals surface area contributed by atoms with Crippen LogP contribution >= 0.6 is 0 Å². The molecule has 0 heterocycles. The SMILES string of the molecule is C=C(C)C[C@H](NC(=O)[C@H](CC(C)C)NC(=O)OCc1ccccc1)C(=O)OC. The molecule has 2 atom stereocenters. The van der Waals surface area contributed by atoms with E-state index in [0.29, 0.717) is 6.42 Å². The van der Waals surface area contributed by atoms with Crippen LogP contribution in [0.5, 0.6) is 0 Å². The fourth-order valence-electron chi connectivity index (χ4n) is 2.57. The molecule has 0 aromatic heterocycles. The lowest BCUT2D eigenvalue weighted by molar-refractivity contribution is -0.145. The Hall–Kier alpha value is -2.83. The average Bonchev–Trinajstić information content (AvgIpc) is 2.64. The van der Waals surface area contributed by atoms with Crippen LogP contribution in [-0.4, -0.2) is 37.2 Å². The first-order chi connectivity index (χ1) is 13.2. The second kappa shape index (κ2) is 11.8. The molecule has 0 saturated heterocycles. The van der Waals surface area contributed by atoms with E-state index in [0.717, 1.165) is 11.1 Å². The predicted octanol–water partition coefficient (Wildman–Crippen LogP) is 2.95. The number of alkyl carbamates (subject to hydrolysis) is 1. The third kappa shape index (κ3) is 8.70. The third-order valence-corrected chi connectivity index (χ3v) is 3.88. The molecule has 0 spiro atoms. The number of nitrogens with one attached hydrogen (secondary N) is 2. The van der Waals surface area contributed by atoms with Crippen molar-refractivity contribution in [2.45, 2.75) is 52.3 Å². The maximum Gasteiger partial charge on any atom is 0.408 e. The Morgan fingerprint density at radius 3 is 2.25 bits per heavy atom. The van der Waals surface area contributed by atoms with Crippen molar-refractivity contribution in [3.63, 3.8) is 0 Å². The lowest BCUT2D eigenvalue weighted by Gasteiger charge is -2.23. The van der Waals surface area contributed by atoms with Gasteiger partial charge in [-0.15, -0.1) is 6.58 Å². The molecule has 0 saturated carbocycles. The second-order valence-corrected chi connectivity index (χ2v) is 7.13. The van der Waals surface area contributed by atoms with Crippen LogP contribution in [0.4, 0.5) is 4.79 Å². The first-order valence-electron chi connectivity index (χ1n) is 9.22. The molecular weight excluding hydrogens is 360 g/mol. The fourth-order valence-corrected chi connectivity index (χ4v) is 2.57. The van der Waals surface area contributed by atoms with Crippen LogP contribution in [0.2, 0.25) is 0 Å². The van der Waals surface area contributed by atoms with Gasteiger partial charge in [0.2, 0.25) is 5.91 Å². The van der Waals surface area contributed by atoms with Crippen molar-refractivity contribution >= 4 is 18.0 Å². The zero-order chi connectivity index (χ0) is 21.1. The summed E-state index contributed by atoms with van der Waals surface area (Å²) >= 11 is 0. The van der Waals surface area contributed by atoms with E-state index >= 15 is 0 Å². The maximum absolute atomic E-state index is 12.7. The second-order valence-electron chi connectivity index (χ2n) is 7.13. The van der Waals surface area contributed by atoms with Gasteiger partial charge in [-0.25, -0.2) is 9.59 Å². The molecule has 1 rings (SSSR count). The van der Waals surface area contributed by atoms with Crippen LogP contribution in [0.3, 0.4) is 0 Å². The summed E-state index contributed by atoms with van der Waals surface area (Å²) in [6.07, 6.45) is -0.0439. The van der Waals surface area contributed by atoms with Crippen molar-refractivity contribution in [3.05, 3.63) is 48.0 Å². The highest BCUT2D eigenvalue weighted by Crippen LogP contribution is 2.09. The zero-order valence-electron chi connectivity index (χ0n) is 17.0. The van der Waals surface area contributed by atoms with Crippen LogP contribution in [0, 0.1) is 5.92 Å². The van der Waals surface area contributed by atoms with Crippen LogP contribution < -0.4 is 10.6 Å². The van der Waals surface area contributed by atoms with Gasteiger partial charge in [0.25, 0.3) is 0 Å². The summed E-state index contributed by atoms with van der Waals surface area (Å²) in [4.78, 5) is 36.7. The molecule has 1 aromatic rings. The highest BCUT2D eigenvalue weighted by molar-refractivity contribution is 5.89. The van der Waals surface area contributed by atoms with Gasteiger partial charge in [0, 0.05) is 0 Å². The van der Waals surface area contributed by atoms with E-state index < -0.39 is 30.1 Å². The molecule has 0 bridgehead atoms. The zero-order valence-corrected chi connectivity index (χ0v) is 17.0. The third-order valence-electron chi connectivity index (χ3n) is 3.88. The molecule has 0 aliphatic rings. The van der Waals surface area contributed by atoms with E-state index in [1.54, 1.807) is 6.92 Å². The van der Waals surface area contributed by atoms with Crippen molar-refractivity contribution in [1.82, 2.24) is 10.6 Å². The van der Waals surface area contributed by atoms with Crippen LogP contribution in [-0.2, 0) is 25.7 Å². The van der Waals surface area contributed by atoms with Gasteiger partial charge in [0.15, 0.2) is 0 Å². The number of rotatable bonds is 10. The summed E-state index contributed by atoms with van der Waals surface area (Å²) in [6.45, 7) is 9.49.